The number of hydrogen-bond acceptors (Lipinski definition) is 6. The lowest BCUT2D eigenvalue weighted by molar-refractivity contribution is -0.135. The van der Waals surface area contributed by atoms with Gasteiger partial charge in [-0.2, -0.15) is 0 Å². The van der Waals surface area contributed by atoms with Gasteiger partial charge in [-0.3, -0.25) is 19.2 Å². The number of carboxylic acids is 4. The molecule has 0 aliphatic carbocycles. The Balaban J connectivity index is -0.000000432. The van der Waals surface area contributed by atoms with Crippen molar-refractivity contribution in [3.8, 4) is 0 Å². The molecule has 0 spiro atoms. The molecule has 2 unspecified atom stereocenters. The quantitative estimate of drug-likeness (QED) is 0.402. The van der Waals surface area contributed by atoms with Crippen molar-refractivity contribution in [3.05, 3.63) is 71.8 Å². The van der Waals surface area contributed by atoms with Crippen molar-refractivity contribution < 1.29 is 39.6 Å². The van der Waals surface area contributed by atoms with Gasteiger partial charge in [0.15, 0.2) is 0 Å². The van der Waals surface area contributed by atoms with Gasteiger partial charge in [-0.15, -0.1) is 0 Å². The number of carboxylic acid groups (broad SMARTS) is 4. The molecular weight excluding hydrogens is 420 g/mol. The van der Waals surface area contributed by atoms with Crippen LogP contribution in [0.2, 0.25) is 0 Å². The Labute approximate surface area is 187 Å². The molecule has 0 bridgehead atoms. The van der Waals surface area contributed by atoms with Crippen LogP contribution in [-0.2, 0) is 19.2 Å². The minimum atomic E-state index is -0.833. The van der Waals surface area contributed by atoms with Crippen LogP contribution >= 0.6 is 0 Å². The second kappa shape index (κ2) is 20.5. The predicted octanol–water partition coefficient (Wildman–Crippen LogP) is 2.75. The zero-order valence-corrected chi connectivity index (χ0v) is 18.5. The molecule has 2 aromatic rings. The van der Waals surface area contributed by atoms with Crippen molar-refractivity contribution >= 4 is 23.9 Å². The summed E-state index contributed by atoms with van der Waals surface area (Å²) >= 11 is 0. The molecular formula is C22H32N2O8. The zero-order chi connectivity index (χ0) is 25.7. The van der Waals surface area contributed by atoms with Gasteiger partial charge < -0.3 is 31.9 Å². The number of nitrogens with two attached hydrogens (primary N) is 2. The van der Waals surface area contributed by atoms with Gasteiger partial charge in [0, 0.05) is 39.8 Å². The van der Waals surface area contributed by atoms with Crippen LogP contribution in [0.3, 0.4) is 0 Å². The molecule has 0 saturated carbocycles. The van der Waals surface area contributed by atoms with E-state index in [-0.39, 0.29) is 12.1 Å². The van der Waals surface area contributed by atoms with E-state index in [1.165, 1.54) is 0 Å². The SMILES string of the molecule is CC(=O)O.CC(=O)O.CC(=O)O.CC(=O)O.NC(c1ccccc1)C(N)c1ccccc1. The van der Waals surface area contributed by atoms with Crippen LogP contribution in [0.25, 0.3) is 0 Å². The second-order valence-electron chi connectivity index (χ2n) is 5.95. The highest BCUT2D eigenvalue weighted by molar-refractivity contribution is 5.63. The normalized spacial score (nSPS) is 10.3. The Hall–Kier alpha value is -3.76. The second-order valence-corrected chi connectivity index (χ2v) is 5.95. The van der Waals surface area contributed by atoms with E-state index in [0.29, 0.717) is 0 Å². The van der Waals surface area contributed by atoms with Gasteiger partial charge in [0.1, 0.15) is 0 Å². The summed E-state index contributed by atoms with van der Waals surface area (Å²) in [7, 11) is 0. The Morgan fingerprint density at radius 1 is 0.531 bits per heavy atom. The van der Waals surface area contributed by atoms with Gasteiger partial charge >= 0.3 is 0 Å². The first-order valence-corrected chi connectivity index (χ1v) is 9.11. The van der Waals surface area contributed by atoms with E-state index >= 15 is 0 Å². The average molecular weight is 453 g/mol. The predicted molar refractivity (Wildman–Crippen MR) is 120 cm³/mol. The fourth-order valence-corrected chi connectivity index (χ4v) is 1.77. The largest absolute Gasteiger partial charge is 0.481 e. The molecule has 10 heteroatoms. The minimum absolute atomic E-state index is 0.163. The fraction of sp³-hybridized carbons (Fsp3) is 0.273. The van der Waals surface area contributed by atoms with Crippen molar-refractivity contribution in [2.75, 3.05) is 0 Å². The summed E-state index contributed by atoms with van der Waals surface area (Å²) in [6.07, 6.45) is 0. The Kier molecular flexibility index (Phi) is 21.1. The maximum atomic E-state index is 9.00. The number of hydrogen-bond donors (Lipinski definition) is 6. The van der Waals surface area contributed by atoms with Crippen molar-refractivity contribution in [3.63, 3.8) is 0 Å². The Bertz CT molecular complexity index is 676. The van der Waals surface area contributed by atoms with E-state index in [1.54, 1.807) is 0 Å². The molecule has 178 valence electrons. The molecule has 0 aliphatic rings. The van der Waals surface area contributed by atoms with Crippen LogP contribution in [0.1, 0.15) is 50.9 Å². The molecule has 2 atom stereocenters. The van der Waals surface area contributed by atoms with Gasteiger partial charge in [-0.25, -0.2) is 0 Å². The van der Waals surface area contributed by atoms with E-state index in [1.807, 2.05) is 60.7 Å². The third-order valence-corrected chi connectivity index (χ3v) is 2.76. The molecule has 0 fully saturated rings. The van der Waals surface area contributed by atoms with Crippen LogP contribution in [0.5, 0.6) is 0 Å². The smallest absolute Gasteiger partial charge is 0.300 e. The first kappa shape index (κ1) is 32.9. The molecule has 0 saturated heterocycles. The summed E-state index contributed by atoms with van der Waals surface area (Å²) in [5.41, 5.74) is 14.4. The van der Waals surface area contributed by atoms with Crippen LogP contribution < -0.4 is 11.5 Å². The average Bonchev–Trinajstić information content (AvgIpc) is 2.66. The lowest BCUT2D eigenvalue weighted by atomic mass is 9.95. The molecule has 10 nitrogen and oxygen atoms in total. The van der Waals surface area contributed by atoms with Gasteiger partial charge in [0.05, 0.1) is 0 Å². The number of benzene rings is 2. The van der Waals surface area contributed by atoms with Gasteiger partial charge in [0.25, 0.3) is 23.9 Å². The first-order valence-electron chi connectivity index (χ1n) is 9.11. The number of aliphatic carboxylic acids is 4. The fourth-order valence-electron chi connectivity index (χ4n) is 1.77. The molecule has 0 radical (unpaired) electrons. The van der Waals surface area contributed by atoms with Crippen LogP contribution in [0.15, 0.2) is 60.7 Å². The zero-order valence-electron chi connectivity index (χ0n) is 18.5. The summed E-state index contributed by atoms with van der Waals surface area (Å²) in [6, 6.07) is 19.6. The Morgan fingerprint density at radius 3 is 0.844 bits per heavy atom. The van der Waals surface area contributed by atoms with Crippen LogP contribution in [0, 0.1) is 0 Å². The minimum Gasteiger partial charge on any atom is -0.481 e. The van der Waals surface area contributed by atoms with Crippen molar-refractivity contribution in [2.24, 2.45) is 11.5 Å². The first-order chi connectivity index (χ1) is 14.7. The summed E-state index contributed by atoms with van der Waals surface area (Å²) in [5.74, 6) is -3.33. The van der Waals surface area contributed by atoms with E-state index in [0.717, 1.165) is 38.8 Å². The highest BCUT2D eigenvalue weighted by atomic mass is 16.4. The lowest BCUT2D eigenvalue weighted by Gasteiger charge is -2.20. The Morgan fingerprint density at radius 2 is 0.688 bits per heavy atom. The molecule has 0 aliphatic heterocycles. The highest BCUT2D eigenvalue weighted by Gasteiger charge is 2.16. The third kappa shape index (κ3) is 28.4. The van der Waals surface area contributed by atoms with E-state index < -0.39 is 23.9 Å². The third-order valence-electron chi connectivity index (χ3n) is 2.76. The summed E-state index contributed by atoms with van der Waals surface area (Å²) < 4.78 is 0. The monoisotopic (exact) mass is 452 g/mol. The van der Waals surface area contributed by atoms with Crippen LogP contribution in [0.4, 0.5) is 0 Å². The van der Waals surface area contributed by atoms with Crippen molar-refractivity contribution in [1.29, 1.82) is 0 Å². The lowest BCUT2D eigenvalue weighted by Crippen LogP contribution is -2.26. The van der Waals surface area contributed by atoms with Crippen molar-refractivity contribution in [1.82, 2.24) is 0 Å². The maximum Gasteiger partial charge on any atom is 0.300 e. The van der Waals surface area contributed by atoms with Gasteiger partial charge in [-0.05, 0) is 11.1 Å². The molecule has 2 rings (SSSR count). The summed E-state index contributed by atoms with van der Waals surface area (Å²) in [6.45, 7) is 4.33. The molecule has 2 aromatic carbocycles. The number of carbonyl (C=O) groups is 4. The maximum absolute atomic E-state index is 9.00. The van der Waals surface area contributed by atoms with Gasteiger partial charge in [0.2, 0.25) is 0 Å². The van der Waals surface area contributed by atoms with E-state index in [4.69, 9.17) is 51.1 Å². The standard InChI is InChI=1S/C14H16N2.4C2H4O2/c15-13(11-7-3-1-4-8-11)14(16)12-9-5-2-6-10-12;4*1-2(3)4/h1-10,13-14H,15-16H2;4*1H3,(H,3,4). The topological polar surface area (TPSA) is 201 Å². The van der Waals surface area contributed by atoms with Gasteiger partial charge in [-0.1, -0.05) is 60.7 Å². The highest BCUT2D eigenvalue weighted by Crippen LogP contribution is 2.23. The molecule has 0 heterocycles. The van der Waals surface area contributed by atoms with E-state index in [9.17, 15) is 0 Å². The summed E-state index contributed by atoms with van der Waals surface area (Å²) in [5, 5.41) is 29.7. The van der Waals surface area contributed by atoms with E-state index in [2.05, 4.69) is 0 Å². The summed E-state index contributed by atoms with van der Waals surface area (Å²) in [4.78, 5) is 36.0. The molecule has 32 heavy (non-hydrogen) atoms. The molecule has 0 aromatic heterocycles. The molecule has 8 N–H and O–H groups in total. The van der Waals surface area contributed by atoms with Crippen molar-refractivity contribution in [2.45, 2.75) is 39.8 Å². The molecule has 0 amide bonds. The van der Waals surface area contributed by atoms with Crippen LogP contribution in [-0.4, -0.2) is 44.3 Å². The number of rotatable bonds is 3.